The van der Waals surface area contributed by atoms with Crippen LogP contribution in [0, 0.1) is 0 Å². The number of hydrogen-bond donors (Lipinski definition) is 3. The number of nitrogens with one attached hydrogen (secondary N) is 3. The zero-order valence-corrected chi connectivity index (χ0v) is 8.39. The fraction of sp³-hybridized carbons (Fsp3) is 0.714. The summed E-state index contributed by atoms with van der Waals surface area (Å²) in [6.45, 7) is 2.45. The van der Waals surface area contributed by atoms with E-state index in [-0.39, 0.29) is 22.9 Å². The lowest BCUT2D eigenvalue weighted by atomic mass is 10.3. The summed E-state index contributed by atoms with van der Waals surface area (Å²) in [6, 6.07) is -0.457. The third-order valence-corrected chi connectivity index (χ3v) is 3.29. The first-order valence-electron chi connectivity index (χ1n) is 4.35. The van der Waals surface area contributed by atoms with Crippen molar-refractivity contribution in [1.82, 2.24) is 16.0 Å². The number of rotatable bonds is 2. The quantitative estimate of drug-likeness (QED) is 0.563. The molecule has 3 N–H and O–H groups in total. The summed E-state index contributed by atoms with van der Waals surface area (Å²) in [6.07, 6.45) is -0.321. The zero-order valence-electron chi connectivity index (χ0n) is 7.57. The van der Waals surface area contributed by atoms with Gasteiger partial charge in [0.05, 0.1) is 0 Å². The third kappa shape index (κ3) is 1.70. The average Bonchev–Trinajstić information content (AvgIpc) is 2.48. The number of imide groups is 1. The zero-order chi connectivity index (χ0) is 10.1. The number of fused-ring (bicyclic) bond motifs is 1. The van der Waals surface area contributed by atoms with Crippen LogP contribution in [0.15, 0.2) is 0 Å². The van der Waals surface area contributed by atoms with Gasteiger partial charge in [0.25, 0.3) is 0 Å². The summed E-state index contributed by atoms with van der Waals surface area (Å²) in [7, 11) is 0. The Morgan fingerprint density at radius 2 is 2.29 bits per heavy atom. The van der Waals surface area contributed by atoms with E-state index in [2.05, 4.69) is 16.0 Å². The van der Waals surface area contributed by atoms with Gasteiger partial charge in [-0.15, -0.1) is 0 Å². The van der Waals surface area contributed by atoms with Gasteiger partial charge in [-0.2, -0.15) is 0 Å². The second-order valence-electron chi connectivity index (χ2n) is 2.95. The van der Waals surface area contributed by atoms with E-state index in [0.29, 0.717) is 6.61 Å². The lowest BCUT2D eigenvalue weighted by Gasteiger charge is -2.23. The smallest absolute Gasteiger partial charge is 0.322 e. The van der Waals surface area contributed by atoms with Crippen LogP contribution >= 0.6 is 11.8 Å². The average molecular weight is 217 g/mol. The summed E-state index contributed by atoms with van der Waals surface area (Å²) in [5.74, 6) is -0.265. The SMILES string of the molecule is CCOC1NC2NC(=O)NC(=O)C2S1. The molecule has 0 bridgehead atoms. The van der Waals surface area contributed by atoms with Gasteiger partial charge in [0, 0.05) is 6.61 Å². The minimum absolute atomic E-state index is 0.223. The highest BCUT2D eigenvalue weighted by Crippen LogP contribution is 2.28. The maximum absolute atomic E-state index is 11.3. The molecule has 3 unspecified atom stereocenters. The van der Waals surface area contributed by atoms with Gasteiger partial charge in [-0.25, -0.2) is 4.79 Å². The van der Waals surface area contributed by atoms with Crippen LogP contribution in [0.3, 0.4) is 0 Å². The van der Waals surface area contributed by atoms with Gasteiger partial charge in [-0.05, 0) is 6.92 Å². The molecule has 3 amide bonds. The number of carbonyl (C=O) groups excluding carboxylic acids is 2. The van der Waals surface area contributed by atoms with Crippen LogP contribution in [0.25, 0.3) is 0 Å². The molecule has 2 aliphatic heterocycles. The van der Waals surface area contributed by atoms with Crippen molar-refractivity contribution in [2.45, 2.75) is 23.9 Å². The fourth-order valence-corrected chi connectivity index (χ4v) is 2.61. The van der Waals surface area contributed by atoms with Crippen molar-refractivity contribution >= 4 is 23.7 Å². The van der Waals surface area contributed by atoms with Crippen LogP contribution in [-0.4, -0.2) is 35.5 Å². The predicted octanol–water partition coefficient (Wildman–Crippen LogP) is -0.823. The third-order valence-electron chi connectivity index (χ3n) is 1.99. The first-order valence-corrected chi connectivity index (χ1v) is 5.29. The lowest BCUT2D eigenvalue weighted by Crippen LogP contribution is -2.62. The van der Waals surface area contributed by atoms with Gasteiger partial charge in [0.1, 0.15) is 11.4 Å². The Labute approximate surface area is 85.1 Å². The summed E-state index contributed by atoms with van der Waals surface area (Å²) < 4.78 is 5.30. The Bertz CT molecular complexity index is 273. The van der Waals surface area contributed by atoms with E-state index in [0.717, 1.165) is 0 Å². The molecule has 0 saturated carbocycles. The van der Waals surface area contributed by atoms with Gasteiger partial charge < -0.3 is 10.1 Å². The number of thioether (sulfide) groups is 1. The van der Waals surface area contributed by atoms with Gasteiger partial charge in [0.15, 0.2) is 5.56 Å². The highest BCUT2D eigenvalue weighted by atomic mass is 32.2. The number of amides is 3. The Morgan fingerprint density at radius 3 is 3.00 bits per heavy atom. The van der Waals surface area contributed by atoms with E-state index in [1.54, 1.807) is 0 Å². The minimum Gasteiger partial charge on any atom is -0.354 e. The first-order chi connectivity index (χ1) is 6.70. The molecule has 0 aliphatic carbocycles. The molecule has 6 nitrogen and oxygen atoms in total. The van der Waals surface area contributed by atoms with E-state index in [1.807, 2.05) is 6.92 Å². The molecular formula is C7H11N3O3S. The molecule has 0 radical (unpaired) electrons. The molecule has 3 atom stereocenters. The molecule has 2 aliphatic rings. The van der Waals surface area contributed by atoms with Gasteiger partial charge in [-0.1, -0.05) is 11.8 Å². The van der Waals surface area contributed by atoms with Crippen molar-refractivity contribution < 1.29 is 14.3 Å². The number of hydrogen-bond acceptors (Lipinski definition) is 5. The van der Waals surface area contributed by atoms with Crippen molar-refractivity contribution in [2.75, 3.05) is 6.61 Å². The molecule has 0 spiro atoms. The topological polar surface area (TPSA) is 79.5 Å². The largest absolute Gasteiger partial charge is 0.354 e. The Morgan fingerprint density at radius 1 is 1.50 bits per heavy atom. The van der Waals surface area contributed by atoms with E-state index in [1.165, 1.54) is 11.8 Å². The molecule has 0 aromatic rings. The summed E-state index contributed by atoms with van der Waals surface area (Å²) in [5.41, 5.74) is -0.223. The number of carbonyl (C=O) groups is 2. The van der Waals surface area contributed by atoms with Crippen molar-refractivity contribution in [3.8, 4) is 0 Å². The van der Waals surface area contributed by atoms with Crippen LogP contribution in [-0.2, 0) is 9.53 Å². The molecule has 2 heterocycles. The van der Waals surface area contributed by atoms with Crippen LogP contribution in [0.2, 0.25) is 0 Å². The maximum atomic E-state index is 11.3. The molecule has 78 valence electrons. The Hall–Kier alpha value is -0.790. The molecule has 0 aromatic heterocycles. The number of ether oxygens (including phenoxy) is 1. The summed E-state index contributed by atoms with van der Waals surface area (Å²) >= 11 is 1.37. The summed E-state index contributed by atoms with van der Waals surface area (Å²) in [5, 5.41) is 7.52. The van der Waals surface area contributed by atoms with Crippen LogP contribution < -0.4 is 16.0 Å². The summed E-state index contributed by atoms with van der Waals surface area (Å²) in [4.78, 5) is 22.3. The van der Waals surface area contributed by atoms with Gasteiger partial charge in [-0.3, -0.25) is 15.4 Å². The first kappa shape index (κ1) is 9.75. The van der Waals surface area contributed by atoms with Gasteiger partial charge >= 0.3 is 6.03 Å². The van der Waals surface area contributed by atoms with Crippen LogP contribution in [0.4, 0.5) is 4.79 Å². The van der Waals surface area contributed by atoms with Crippen molar-refractivity contribution in [1.29, 1.82) is 0 Å². The van der Waals surface area contributed by atoms with Crippen molar-refractivity contribution in [2.24, 2.45) is 0 Å². The number of urea groups is 1. The van der Waals surface area contributed by atoms with Crippen LogP contribution in [0.5, 0.6) is 0 Å². The molecule has 2 saturated heterocycles. The van der Waals surface area contributed by atoms with E-state index in [9.17, 15) is 9.59 Å². The predicted molar refractivity (Wildman–Crippen MR) is 50.4 cm³/mol. The molecule has 2 rings (SSSR count). The fourth-order valence-electron chi connectivity index (χ4n) is 1.41. The monoisotopic (exact) mass is 217 g/mol. The molecule has 0 aromatic carbocycles. The molecule has 14 heavy (non-hydrogen) atoms. The second-order valence-corrected chi connectivity index (χ2v) is 4.16. The lowest BCUT2D eigenvalue weighted by molar-refractivity contribution is -0.120. The standard InChI is InChI=1S/C7H11N3O3S/c1-2-13-7-9-4-3(14-7)5(11)10-6(12)8-4/h3-4,7,9H,2H2,1H3,(H2,8,10,11,12). The van der Waals surface area contributed by atoms with Crippen molar-refractivity contribution in [3.05, 3.63) is 0 Å². The van der Waals surface area contributed by atoms with E-state index in [4.69, 9.17) is 4.74 Å². The molecular weight excluding hydrogens is 206 g/mol. The Balaban J connectivity index is 2.02. The Kier molecular flexibility index (Phi) is 2.62. The molecule has 7 heteroatoms. The highest BCUT2D eigenvalue weighted by Gasteiger charge is 2.43. The maximum Gasteiger partial charge on any atom is 0.322 e. The minimum atomic E-state index is -0.457. The highest BCUT2D eigenvalue weighted by molar-refractivity contribution is 8.01. The normalized spacial score (nSPS) is 36.2. The van der Waals surface area contributed by atoms with E-state index >= 15 is 0 Å². The van der Waals surface area contributed by atoms with E-state index < -0.39 is 6.03 Å². The van der Waals surface area contributed by atoms with Gasteiger partial charge in [0.2, 0.25) is 5.91 Å². The molecule has 2 fully saturated rings. The second kappa shape index (κ2) is 3.76. The van der Waals surface area contributed by atoms with Crippen LogP contribution in [0.1, 0.15) is 6.92 Å². The van der Waals surface area contributed by atoms with Crippen molar-refractivity contribution in [3.63, 3.8) is 0 Å².